The lowest BCUT2D eigenvalue weighted by Gasteiger charge is -2.13. The number of aromatic amines is 1. The van der Waals surface area contributed by atoms with Gasteiger partial charge in [-0.15, -0.1) is 0 Å². The molecule has 0 bridgehead atoms. The maximum atomic E-state index is 13.1. The largest absolute Gasteiger partial charge is 0.493 e. The van der Waals surface area contributed by atoms with Crippen LogP contribution in [-0.4, -0.2) is 39.8 Å². The number of hydrogen-bond donors (Lipinski definition) is 2. The standard InChI is InChI=1S/C24H28N6O4S/c1-4-8-19-21-22(30(3)29-19)24(31)28-23(27-21)18-14-17(10-11-20(18)34-13-5-2)35(32,33)26-15-16-9-6-7-12-25-16/h6-7,9-12,14,26H,4-5,8,13,15H2,1-3H3,(H,27,28,31). The van der Waals surface area contributed by atoms with E-state index < -0.39 is 10.0 Å². The molecule has 3 heterocycles. The van der Waals surface area contributed by atoms with Gasteiger partial charge in [-0.1, -0.05) is 26.3 Å². The van der Waals surface area contributed by atoms with E-state index in [-0.39, 0.29) is 22.8 Å². The summed E-state index contributed by atoms with van der Waals surface area (Å²) in [6, 6.07) is 9.81. The second kappa shape index (κ2) is 10.4. The zero-order chi connectivity index (χ0) is 25.0. The molecule has 2 N–H and O–H groups in total. The maximum absolute atomic E-state index is 13.1. The molecule has 10 nitrogen and oxygen atoms in total. The number of nitrogens with zero attached hydrogens (tertiary/aromatic N) is 4. The summed E-state index contributed by atoms with van der Waals surface area (Å²) < 4.78 is 36.1. The second-order valence-electron chi connectivity index (χ2n) is 8.08. The second-order valence-corrected chi connectivity index (χ2v) is 9.85. The van der Waals surface area contributed by atoms with Gasteiger partial charge in [0.1, 0.15) is 17.1 Å². The third-order valence-electron chi connectivity index (χ3n) is 5.40. The first-order chi connectivity index (χ1) is 16.8. The molecule has 0 saturated carbocycles. The molecule has 11 heteroatoms. The molecule has 0 radical (unpaired) electrons. The molecule has 0 fully saturated rings. The third kappa shape index (κ3) is 5.25. The average molecular weight is 497 g/mol. The van der Waals surface area contributed by atoms with E-state index in [0.29, 0.717) is 46.8 Å². The van der Waals surface area contributed by atoms with Gasteiger partial charge in [0, 0.05) is 13.2 Å². The van der Waals surface area contributed by atoms with Crippen LogP contribution in [0.1, 0.15) is 38.1 Å². The molecular formula is C24H28N6O4S. The van der Waals surface area contributed by atoms with E-state index in [1.54, 1.807) is 37.5 Å². The quantitative estimate of drug-likeness (QED) is 0.345. The zero-order valence-electron chi connectivity index (χ0n) is 19.9. The summed E-state index contributed by atoms with van der Waals surface area (Å²) in [5, 5.41) is 4.45. The molecule has 0 aliphatic carbocycles. The van der Waals surface area contributed by atoms with Crippen molar-refractivity contribution in [2.45, 2.75) is 44.6 Å². The minimum atomic E-state index is -3.87. The van der Waals surface area contributed by atoms with Crippen LogP contribution in [0.3, 0.4) is 0 Å². The van der Waals surface area contributed by atoms with E-state index >= 15 is 0 Å². The molecule has 4 rings (SSSR count). The summed E-state index contributed by atoms with van der Waals surface area (Å²) in [7, 11) is -2.17. The fourth-order valence-electron chi connectivity index (χ4n) is 3.73. The van der Waals surface area contributed by atoms with Crippen LogP contribution < -0.4 is 15.0 Å². The van der Waals surface area contributed by atoms with Crippen molar-refractivity contribution < 1.29 is 13.2 Å². The van der Waals surface area contributed by atoms with Crippen molar-refractivity contribution in [1.82, 2.24) is 29.5 Å². The number of rotatable bonds is 10. The topological polar surface area (TPSA) is 132 Å². The summed E-state index contributed by atoms with van der Waals surface area (Å²) in [5.74, 6) is 0.652. The van der Waals surface area contributed by atoms with Crippen LogP contribution in [0.4, 0.5) is 0 Å². The Kier molecular flexibility index (Phi) is 7.27. The van der Waals surface area contributed by atoms with Crippen molar-refractivity contribution in [3.63, 3.8) is 0 Å². The highest BCUT2D eigenvalue weighted by Gasteiger charge is 2.21. The Morgan fingerprint density at radius 1 is 1.14 bits per heavy atom. The number of aromatic nitrogens is 5. The van der Waals surface area contributed by atoms with Gasteiger partial charge in [0.05, 0.1) is 35.0 Å². The van der Waals surface area contributed by atoms with E-state index in [4.69, 9.17) is 4.74 Å². The van der Waals surface area contributed by atoms with Crippen LogP contribution in [0.5, 0.6) is 5.75 Å². The number of benzene rings is 1. The van der Waals surface area contributed by atoms with Gasteiger partial charge in [0.25, 0.3) is 5.56 Å². The molecule has 0 unspecified atom stereocenters. The van der Waals surface area contributed by atoms with Gasteiger partial charge in [-0.25, -0.2) is 18.1 Å². The van der Waals surface area contributed by atoms with Crippen molar-refractivity contribution in [3.05, 3.63) is 64.3 Å². The van der Waals surface area contributed by atoms with E-state index in [0.717, 1.165) is 12.8 Å². The number of hydrogen-bond acceptors (Lipinski definition) is 7. The summed E-state index contributed by atoms with van der Waals surface area (Å²) >= 11 is 0. The highest BCUT2D eigenvalue weighted by atomic mass is 32.2. The Morgan fingerprint density at radius 3 is 2.69 bits per heavy atom. The summed E-state index contributed by atoms with van der Waals surface area (Å²) in [6.45, 7) is 4.47. The van der Waals surface area contributed by atoms with Crippen LogP contribution >= 0.6 is 0 Å². The van der Waals surface area contributed by atoms with Gasteiger partial charge >= 0.3 is 0 Å². The molecule has 0 atom stereocenters. The lowest BCUT2D eigenvalue weighted by atomic mass is 10.1. The fourth-order valence-corrected chi connectivity index (χ4v) is 4.76. The molecule has 0 amide bonds. The predicted octanol–water partition coefficient (Wildman–Crippen LogP) is 2.94. The molecule has 35 heavy (non-hydrogen) atoms. The van der Waals surface area contributed by atoms with E-state index in [1.165, 1.54) is 16.8 Å². The fraction of sp³-hybridized carbons (Fsp3) is 0.333. The molecule has 4 aromatic rings. The summed E-state index contributed by atoms with van der Waals surface area (Å²) in [4.78, 5) is 24.6. The van der Waals surface area contributed by atoms with Crippen molar-refractivity contribution >= 4 is 21.1 Å². The zero-order valence-corrected chi connectivity index (χ0v) is 20.7. The minimum absolute atomic E-state index is 0.0231. The Hall–Kier alpha value is -3.57. The van der Waals surface area contributed by atoms with Crippen molar-refractivity contribution in [2.75, 3.05) is 6.61 Å². The van der Waals surface area contributed by atoms with Crippen molar-refractivity contribution in [2.24, 2.45) is 7.05 Å². The molecule has 184 valence electrons. The Balaban J connectivity index is 1.79. The van der Waals surface area contributed by atoms with Crippen molar-refractivity contribution in [3.8, 4) is 17.1 Å². The predicted molar refractivity (Wildman–Crippen MR) is 133 cm³/mol. The van der Waals surface area contributed by atoms with Crippen molar-refractivity contribution in [1.29, 1.82) is 0 Å². The van der Waals surface area contributed by atoms with Crippen LogP contribution in [0.15, 0.2) is 52.3 Å². The molecule has 0 aliphatic rings. The first-order valence-electron chi connectivity index (χ1n) is 11.5. The van der Waals surface area contributed by atoms with Crippen LogP contribution in [0, 0.1) is 0 Å². The molecule has 1 aromatic carbocycles. The van der Waals surface area contributed by atoms with Gasteiger partial charge < -0.3 is 9.72 Å². The normalized spacial score (nSPS) is 11.7. The Bertz CT molecular complexity index is 1500. The summed E-state index contributed by atoms with van der Waals surface area (Å²) in [5.41, 5.74) is 2.20. The van der Waals surface area contributed by atoms with E-state index in [9.17, 15) is 13.2 Å². The Morgan fingerprint density at radius 2 is 1.97 bits per heavy atom. The van der Waals surface area contributed by atoms with Crippen LogP contribution in [0.2, 0.25) is 0 Å². The molecule has 0 spiro atoms. The molecule has 0 aliphatic heterocycles. The highest BCUT2D eigenvalue weighted by Crippen LogP contribution is 2.31. The number of ether oxygens (including phenoxy) is 1. The van der Waals surface area contributed by atoms with Gasteiger partial charge in [-0.05, 0) is 43.2 Å². The number of sulfonamides is 1. The molecular weight excluding hydrogens is 468 g/mol. The Labute approximate surface area is 203 Å². The highest BCUT2D eigenvalue weighted by molar-refractivity contribution is 7.89. The number of H-pyrrole nitrogens is 1. The number of fused-ring (bicyclic) bond motifs is 1. The molecule has 3 aromatic heterocycles. The monoisotopic (exact) mass is 496 g/mol. The number of aryl methyl sites for hydroxylation is 2. The lowest BCUT2D eigenvalue weighted by Crippen LogP contribution is -2.23. The van der Waals surface area contributed by atoms with Gasteiger partial charge in [0.2, 0.25) is 10.0 Å². The van der Waals surface area contributed by atoms with E-state index in [2.05, 4.69) is 24.8 Å². The average Bonchev–Trinajstić information content (AvgIpc) is 3.17. The van der Waals surface area contributed by atoms with Gasteiger partial charge in [-0.2, -0.15) is 5.10 Å². The maximum Gasteiger partial charge on any atom is 0.277 e. The van der Waals surface area contributed by atoms with Crippen LogP contribution in [-0.2, 0) is 30.0 Å². The van der Waals surface area contributed by atoms with Crippen LogP contribution in [0.25, 0.3) is 22.4 Å². The van der Waals surface area contributed by atoms with Gasteiger partial charge in [-0.3, -0.25) is 14.5 Å². The van der Waals surface area contributed by atoms with E-state index in [1.807, 2.05) is 13.8 Å². The lowest BCUT2D eigenvalue weighted by molar-refractivity contribution is 0.318. The first kappa shape index (κ1) is 24.6. The molecule has 0 saturated heterocycles. The number of nitrogens with one attached hydrogen (secondary N) is 2. The first-order valence-corrected chi connectivity index (χ1v) is 12.9. The summed E-state index contributed by atoms with van der Waals surface area (Å²) in [6.07, 6.45) is 3.87. The smallest absolute Gasteiger partial charge is 0.277 e. The SMILES string of the molecule is CCCOc1ccc(S(=O)(=O)NCc2ccccn2)cc1-c1nc2c(CCC)nn(C)c2c(=O)[nH]1. The minimum Gasteiger partial charge on any atom is -0.493 e. The van der Waals surface area contributed by atoms with Gasteiger partial charge in [0.15, 0.2) is 5.52 Å². The number of pyridine rings is 1. The third-order valence-corrected chi connectivity index (χ3v) is 6.80.